The zero-order chi connectivity index (χ0) is 10.8. The number of benzene rings is 1. The SMILES string of the molecule is C=CC(C(N)=O)c1cccc2c1C=CC2. The molecule has 0 fully saturated rings. The largest absolute Gasteiger partial charge is 0.369 e. The number of hydrogen-bond acceptors (Lipinski definition) is 1. The molecule has 2 nitrogen and oxygen atoms in total. The molecule has 2 N–H and O–H groups in total. The van der Waals surface area contributed by atoms with Crippen LogP contribution < -0.4 is 5.73 Å². The third-order valence-corrected chi connectivity index (χ3v) is 2.73. The Bertz CT molecular complexity index is 446. The molecule has 2 heteroatoms. The topological polar surface area (TPSA) is 43.1 Å². The zero-order valence-electron chi connectivity index (χ0n) is 8.44. The fourth-order valence-electron chi connectivity index (χ4n) is 1.99. The van der Waals surface area contributed by atoms with Crippen LogP contribution in [0.3, 0.4) is 0 Å². The summed E-state index contributed by atoms with van der Waals surface area (Å²) >= 11 is 0. The minimum atomic E-state index is -0.386. The van der Waals surface area contributed by atoms with Gasteiger partial charge in [0.2, 0.25) is 5.91 Å². The van der Waals surface area contributed by atoms with Crippen LogP contribution in [0.2, 0.25) is 0 Å². The molecule has 15 heavy (non-hydrogen) atoms. The van der Waals surface area contributed by atoms with Gasteiger partial charge in [-0.15, -0.1) is 6.58 Å². The first kappa shape index (κ1) is 9.71. The summed E-state index contributed by atoms with van der Waals surface area (Å²) in [5.74, 6) is -0.735. The molecular weight excluding hydrogens is 186 g/mol. The van der Waals surface area contributed by atoms with E-state index in [1.54, 1.807) is 6.08 Å². The number of carbonyl (C=O) groups excluding carboxylic acids is 1. The average Bonchev–Trinajstić information content (AvgIpc) is 2.66. The maximum atomic E-state index is 11.3. The van der Waals surface area contributed by atoms with E-state index < -0.39 is 0 Å². The Morgan fingerprint density at radius 3 is 3.00 bits per heavy atom. The van der Waals surface area contributed by atoms with E-state index in [0.29, 0.717) is 0 Å². The molecule has 0 heterocycles. The number of amides is 1. The van der Waals surface area contributed by atoms with E-state index in [9.17, 15) is 4.79 Å². The molecule has 0 saturated carbocycles. The van der Waals surface area contributed by atoms with Crippen molar-refractivity contribution in [2.75, 3.05) is 0 Å². The molecular formula is C13H13NO. The first-order valence-corrected chi connectivity index (χ1v) is 4.94. The lowest BCUT2D eigenvalue weighted by atomic mass is 9.92. The molecule has 2 rings (SSSR count). The minimum Gasteiger partial charge on any atom is -0.369 e. The van der Waals surface area contributed by atoms with Gasteiger partial charge in [0.15, 0.2) is 0 Å². The molecule has 1 atom stereocenters. The van der Waals surface area contributed by atoms with E-state index >= 15 is 0 Å². The maximum Gasteiger partial charge on any atom is 0.228 e. The van der Waals surface area contributed by atoms with Crippen LogP contribution in [0.25, 0.3) is 6.08 Å². The average molecular weight is 199 g/mol. The molecule has 0 aliphatic heterocycles. The molecule has 0 aromatic heterocycles. The number of allylic oxidation sites excluding steroid dienone is 1. The van der Waals surface area contributed by atoms with Gasteiger partial charge < -0.3 is 5.73 Å². The second kappa shape index (κ2) is 3.73. The number of primary amides is 1. The van der Waals surface area contributed by atoms with Gasteiger partial charge in [-0.25, -0.2) is 0 Å². The summed E-state index contributed by atoms with van der Waals surface area (Å²) in [4.78, 5) is 11.3. The number of nitrogens with two attached hydrogens (primary N) is 1. The van der Waals surface area contributed by atoms with Gasteiger partial charge in [0.25, 0.3) is 0 Å². The molecule has 1 amide bonds. The Hall–Kier alpha value is -1.83. The van der Waals surface area contributed by atoms with Crippen molar-refractivity contribution in [1.29, 1.82) is 0 Å². The molecule has 0 bridgehead atoms. The summed E-state index contributed by atoms with van der Waals surface area (Å²) in [6, 6.07) is 5.96. The summed E-state index contributed by atoms with van der Waals surface area (Å²) in [6.07, 6.45) is 6.68. The predicted octanol–water partition coefficient (Wildman–Crippen LogP) is 2.01. The van der Waals surface area contributed by atoms with Crippen LogP contribution in [0.5, 0.6) is 0 Å². The van der Waals surface area contributed by atoms with Gasteiger partial charge in [-0.05, 0) is 23.1 Å². The molecule has 76 valence electrons. The van der Waals surface area contributed by atoms with Crippen LogP contribution >= 0.6 is 0 Å². The minimum absolute atomic E-state index is 0.348. The smallest absolute Gasteiger partial charge is 0.228 e. The summed E-state index contributed by atoms with van der Waals surface area (Å²) in [7, 11) is 0. The highest BCUT2D eigenvalue weighted by molar-refractivity contribution is 5.86. The quantitative estimate of drug-likeness (QED) is 0.743. The fraction of sp³-hybridized carbons (Fsp3) is 0.154. The first-order chi connectivity index (χ1) is 7.24. The Balaban J connectivity index is 2.52. The van der Waals surface area contributed by atoms with Gasteiger partial charge in [0.1, 0.15) is 0 Å². The number of hydrogen-bond donors (Lipinski definition) is 1. The van der Waals surface area contributed by atoms with Crippen LogP contribution in [-0.4, -0.2) is 5.91 Å². The standard InChI is InChI=1S/C13H13NO/c1-2-10(13(14)15)12-8-4-6-9-5-3-7-11(9)12/h2-4,6-8,10H,1,5H2,(H2,14,15). The van der Waals surface area contributed by atoms with E-state index in [0.717, 1.165) is 17.5 Å². The summed E-state index contributed by atoms with van der Waals surface area (Å²) in [5, 5.41) is 0. The van der Waals surface area contributed by atoms with Crippen molar-refractivity contribution in [1.82, 2.24) is 0 Å². The third-order valence-electron chi connectivity index (χ3n) is 2.73. The molecule has 0 spiro atoms. The molecule has 0 saturated heterocycles. The van der Waals surface area contributed by atoms with Gasteiger partial charge in [0, 0.05) is 0 Å². The lowest BCUT2D eigenvalue weighted by Gasteiger charge is -2.12. The Labute approximate surface area is 89.1 Å². The first-order valence-electron chi connectivity index (χ1n) is 4.94. The Morgan fingerprint density at radius 2 is 2.33 bits per heavy atom. The van der Waals surface area contributed by atoms with Crippen molar-refractivity contribution in [2.24, 2.45) is 5.73 Å². The van der Waals surface area contributed by atoms with Crippen molar-refractivity contribution in [3.63, 3.8) is 0 Å². The predicted molar refractivity (Wildman–Crippen MR) is 61.3 cm³/mol. The van der Waals surface area contributed by atoms with E-state index in [1.165, 1.54) is 5.56 Å². The number of carbonyl (C=O) groups is 1. The highest BCUT2D eigenvalue weighted by Crippen LogP contribution is 2.29. The van der Waals surface area contributed by atoms with Crippen molar-refractivity contribution in [3.05, 3.63) is 53.6 Å². The van der Waals surface area contributed by atoms with Crippen molar-refractivity contribution in [2.45, 2.75) is 12.3 Å². The van der Waals surface area contributed by atoms with Crippen LogP contribution in [0.1, 0.15) is 22.6 Å². The van der Waals surface area contributed by atoms with Gasteiger partial charge >= 0.3 is 0 Å². The van der Waals surface area contributed by atoms with Gasteiger partial charge in [0.05, 0.1) is 5.92 Å². The van der Waals surface area contributed by atoms with Crippen molar-refractivity contribution in [3.8, 4) is 0 Å². The van der Waals surface area contributed by atoms with Crippen LogP contribution in [0.4, 0.5) is 0 Å². The van der Waals surface area contributed by atoms with E-state index in [1.807, 2.05) is 18.2 Å². The molecule has 1 aromatic rings. The van der Waals surface area contributed by atoms with Crippen molar-refractivity contribution >= 4 is 12.0 Å². The third kappa shape index (κ3) is 1.59. The normalized spacial score (nSPS) is 14.7. The van der Waals surface area contributed by atoms with Crippen LogP contribution in [0, 0.1) is 0 Å². The van der Waals surface area contributed by atoms with Gasteiger partial charge in [-0.1, -0.05) is 36.4 Å². The van der Waals surface area contributed by atoms with Crippen molar-refractivity contribution < 1.29 is 4.79 Å². The Kier molecular flexibility index (Phi) is 2.42. The summed E-state index contributed by atoms with van der Waals surface area (Å²) < 4.78 is 0. The monoisotopic (exact) mass is 199 g/mol. The molecule has 1 aliphatic rings. The lowest BCUT2D eigenvalue weighted by molar-refractivity contribution is -0.118. The fourth-order valence-corrected chi connectivity index (χ4v) is 1.99. The lowest BCUT2D eigenvalue weighted by Crippen LogP contribution is -2.20. The molecule has 0 radical (unpaired) electrons. The summed E-state index contributed by atoms with van der Waals surface area (Å²) in [6.45, 7) is 3.66. The number of rotatable bonds is 3. The molecule has 1 aromatic carbocycles. The zero-order valence-corrected chi connectivity index (χ0v) is 8.44. The van der Waals surface area contributed by atoms with Gasteiger partial charge in [-0.3, -0.25) is 4.79 Å². The Morgan fingerprint density at radius 1 is 1.53 bits per heavy atom. The summed E-state index contributed by atoms with van der Waals surface area (Å²) in [5.41, 5.74) is 8.68. The van der Waals surface area contributed by atoms with Crippen LogP contribution in [-0.2, 0) is 11.2 Å². The second-order valence-electron chi connectivity index (χ2n) is 3.64. The maximum absolute atomic E-state index is 11.3. The molecule has 1 unspecified atom stereocenters. The van der Waals surface area contributed by atoms with Crippen LogP contribution in [0.15, 0.2) is 36.9 Å². The highest BCUT2D eigenvalue weighted by atomic mass is 16.1. The highest BCUT2D eigenvalue weighted by Gasteiger charge is 2.19. The number of fused-ring (bicyclic) bond motifs is 1. The molecule has 1 aliphatic carbocycles. The van der Waals surface area contributed by atoms with E-state index in [2.05, 4.69) is 18.7 Å². The second-order valence-corrected chi connectivity index (χ2v) is 3.64. The van der Waals surface area contributed by atoms with Gasteiger partial charge in [-0.2, -0.15) is 0 Å². The van der Waals surface area contributed by atoms with E-state index in [4.69, 9.17) is 5.73 Å². The van der Waals surface area contributed by atoms with E-state index in [-0.39, 0.29) is 11.8 Å².